The zero-order valence-electron chi connectivity index (χ0n) is 15.5. The van der Waals surface area contributed by atoms with E-state index in [1.807, 2.05) is 0 Å². The highest BCUT2D eigenvalue weighted by Gasteiger charge is 2.37. The van der Waals surface area contributed by atoms with Gasteiger partial charge in [-0.2, -0.15) is 12.6 Å². The van der Waals surface area contributed by atoms with Crippen LogP contribution in [0.2, 0.25) is 0 Å². The average Bonchev–Trinajstić information content (AvgIpc) is 3.12. The smallest absolute Gasteiger partial charge is 0.326 e. The van der Waals surface area contributed by atoms with Crippen molar-refractivity contribution in [1.82, 2.24) is 15.5 Å². The number of carbonyl (C=O) groups excluding carboxylic acids is 3. The number of rotatable bonds is 10. The van der Waals surface area contributed by atoms with E-state index in [9.17, 15) is 24.0 Å². The molecule has 0 aromatic carbocycles. The van der Waals surface area contributed by atoms with E-state index in [1.54, 1.807) is 0 Å². The van der Waals surface area contributed by atoms with Gasteiger partial charge in [0.25, 0.3) is 0 Å². The first kappa shape index (κ1) is 23.7. The summed E-state index contributed by atoms with van der Waals surface area (Å²) in [6.45, 7) is 1.74. The maximum Gasteiger partial charge on any atom is 0.326 e. The fraction of sp³-hybridized carbons (Fsp3) is 0.688. The van der Waals surface area contributed by atoms with Crippen LogP contribution in [0.1, 0.15) is 32.6 Å². The molecule has 1 fully saturated rings. The van der Waals surface area contributed by atoms with Crippen molar-refractivity contribution in [1.29, 1.82) is 0 Å². The molecule has 3 amide bonds. The van der Waals surface area contributed by atoms with Crippen molar-refractivity contribution in [2.45, 2.75) is 56.8 Å². The number of hydrogen-bond donors (Lipinski definition) is 6. The Morgan fingerprint density at radius 1 is 1.21 bits per heavy atom. The Hall–Kier alpha value is -2.34. The van der Waals surface area contributed by atoms with Crippen LogP contribution in [0.25, 0.3) is 0 Å². The number of nitrogens with zero attached hydrogens (tertiary/aromatic N) is 1. The molecule has 6 N–H and O–H groups in total. The summed E-state index contributed by atoms with van der Waals surface area (Å²) < 4.78 is 0. The highest BCUT2D eigenvalue weighted by atomic mass is 32.1. The lowest BCUT2D eigenvalue weighted by molar-refractivity contribution is -0.145. The molecule has 1 rings (SSSR count). The summed E-state index contributed by atoms with van der Waals surface area (Å²) in [6.07, 6.45) is 0.178. The molecule has 4 unspecified atom stereocenters. The molecule has 1 aliphatic rings. The van der Waals surface area contributed by atoms with E-state index in [2.05, 4.69) is 23.3 Å². The molecule has 1 saturated heterocycles. The van der Waals surface area contributed by atoms with Crippen molar-refractivity contribution in [3.05, 3.63) is 0 Å². The van der Waals surface area contributed by atoms with E-state index in [0.29, 0.717) is 12.8 Å². The van der Waals surface area contributed by atoms with Gasteiger partial charge in [-0.25, -0.2) is 4.79 Å². The van der Waals surface area contributed by atoms with Gasteiger partial charge in [0.15, 0.2) is 0 Å². The predicted octanol–water partition coefficient (Wildman–Crippen LogP) is -1.83. The minimum Gasteiger partial charge on any atom is -0.481 e. The molecular formula is C16H26N4O7S. The number of nitrogens with two attached hydrogens (primary N) is 1. The summed E-state index contributed by atoms with van der Waals surface area (Å²) in [5.74, 6) is -4.14. The zero-order chi connectivity index (χ0) is 21.4. The third-order valence-corrected chi connectivity index (χ3v) is 4.76. The van der Waals surface area contributed by atoms with Gasteiger partial charge >= 0.3 is 11.9 Å². The normalized spacial score (nSPS) is 19.4. The molecule has 11 nitrogen and oxygen atoms in total. The molecule has 0 saturated carbocycles. The molecular weight excluding hydrogens is 392 g/mol. The van der Waals surface area contributed by atoms with Gasteiger partial charge in [0, 0.05) is 18.7 Å². The van der Waals surface area contributed by atoms with Gasteiger partial charge in [0.1, 0.15) is 18.1 Å². The third kappa shape index (κ3) is 6.68. The molecule has 1 heterocycles. The lowest BCUT2D eigenvalue weighted by atomic mass is 10.1. The largest absolute Gasteiger partial charge is 0.481 e. The van der Waals surface area contributed by atoms with Gasteiger partial charge in [-0.3, -0.25) is 19.2 Å². The van der Waals surface area contributed by atoms with E-state index < -0.39 is 60.2 Å². The molecule has 0 aromatic rings. The first-order valence-electron chi connectivity index (χ1n) is 8.80. The van der Waals surface area contributed by atoms with Crippen LogP contribution in [-0.2, 0) is 24.0 Å². The predicted molar refractivity (Wildman–Crippen MR) is 101 cm³/mol. The highest BCUT2D eigenvalue weighted by Crippen LogP contribution is 2.19. The maximum atomic E-state index is 12.6. The minimum absolute atomic E-state index is 0.106. The van der Waals surface area contributed by atoms with Gasteiger partial charge in [-0.15, -0.1) is 0 Å². The van der Waals surface area contributed by atoms with Gasteiger partial charge < -0.3 is 31.5 Å². The second kappa shape index (κ2) is 10.9. The molecule has 28 heavy (non-hydrogen) atoms. The number of aliphatic carboxylic acids is 2. The second-order valence-corrected chi connectivity index (χ2v) is 6.91. The van der Waals surface area contributed by atoms with Gasteiger partial charge in [-0.05, 0) is 26.2 Å². The molecule has 0 radical (unpaired) electrons. The quantitative estimate of drug-likeness (QED) is 0.224. The summed E-state index contributed by atoms with van der Waals surface area (Å²) >= 11 is 3.92. The van der Waals surface area contributed by atoms with Gasteiger partial charge in [0.05, 0.1) is 6.04 Å². The number of nitrogens with one attached hydrogen (secondary N) is 2. The Bertz CT molecular complexity index is 630. The van der Waals surface area contributed by atoms with Crippen LogP contribution in [0.3, 0.4) is 0 Å². The molecule has 158 valence electrons. The molecule has 4 atom stereocenters. The van der Waals surface area contributed by atoms with E-state index in [-0.39, 0.29) is 18.7 Å². The fourth-order valence-electron chi connectivity index (χ4n) is 2.81. The number of amides is 3. The molecule has 0 aromatic heterocycles. The van der Waals surface area contributed by atoms with Crippen LogP contribution < -0.4 is 16.4 Å². The first-order valence-corrected chi connectivity index (χ1v) is 9.44. The SMILES string of the molecule is CC(NC(=O)C(N)CS)C(=O)N1CCCC1C(=O)NC(CCC(=O)O)C(=O)O. The van der Waals surface area contributed by atoms with E-state index in [4.69, 9.17) is 15.9 Å². The van der Waals surface area contributed by atoms with Crippen molar-refractivity contribution in [3.63, 3.8) is 0 Å². The van der Waals surface area contributed by atoms with Crippen LogP contribution in [0, 0.1) is 0 Å². The van der Waals surface area contributed by atoms with E-state index in [1.165, 1.54) is 11.8 Å². The fourth-order valence-corrected chi connectivity index (χ4v) is 2.98. The topological polar surface area (TPSA) is 179 Å². The van der Waals surface area contributed by atoms with Crippen LogP contribution in [0.4, 0.5) is 0 Å². The number of thiol groups is 1. The molecule has 0 aliphatic carbocycles. The Morgan fingerprint density at radius 2 is 1.86 bits per heavy atom. The number of carbonyl (C=O) groups is 5. The van der Waals surface area contributed by atoms with E-state index in [0.717, 1.165) is 0 Å². The summed E-state index contributed by atoms with van der Waals surface area (Å²) in [6, 6.07) is -4.06. The van der Waals surface area contributed by atoms with Crippen molar-refractivity contribution in [2.24, 2.45) is 5.73 Å². The standard InChI is InChI=1S/C16H26N4O7S/c1-8(18-13(23)9(17)7-28)15(25)20-6-2-3-11(20)14(24)19-10(16(26)27)4-5-12(21)22/h8-11,28H,2-7,17H2,1H3,(H,18,23)(H,19,24)(H,21,22)(H,26,27). The molecule has 12 heteroatoms. The van der Waals surface area contributed by atoms with Crippen molar-refractivity contribution in [3.8, 4) is 0 Å². The van der Waals surface area contributed by atoms with Crippen LogP contribution in [0.5, 0.6) is 0 Å². The Kier molecular flexibility index (Phi) is 9.19. The number of likely N-dealkylation sites (tertiary alicyclic amines) is 1. The molecule has 0 spiro atoms. The number of hydrogen-bond acceptors (Lipinski definition) is 7. The van der Waals surface area contributed by atoms with Crippen LogP contribution in [-0.4, -0.2) is 81.2 Å². The van der Waals surface area contributed by atoms with Crippen LogP contribution >= 0.6 is 12.6 Å². The Balaban J connectivity index is 2.75. The highest BCUT2D eigenvalue weighted by molar-refractivity contribution is 7.80. The molecule has 1 aliphatic heterocycles. The molecule has 0 bridgehead atoms. The minimum atomic E-state index is -1.37. The van der Waals surface area contributed by atoms with Crippen molar-refractivity contribution < 1.29 is 34.2 Å². The van der Waals surface area contributed by atoms with Gasteiger partial charge in [0.2, 0.25) is 17.7 Å². The Morgan fingerprint density at radius 3 is 2.39 bits per heavy atom. The lowest BCUT2D eigenvalue weighted by Crippen LogP contribution is -2.56. The summed E-state index contributed by atoms with van der Waals surface area (Å²) in [4.78, 5) is 60.1. The Labute approximate surface area is 167 Å². The van der Waals surface area contributed by atoms with E-state index >= 15 is 0 Å². The maximum absolute atomic E-state index is 12.6. The van der Waals surface area contributed by atoms with Crippen molar-refractivity contribution in [2.75, 3.05) is 12.3 Å². The monoisotopic (exact) mass is 418 g/mol. The van der Waals surface area contributed by atoms with Gasteiger partial charge in [-0.1, -0.05) is 0 Å². The summed E-state index contributed by atoms with van der Waals surface area (Å²) in [5, 5.41) is 22.6. The summed E-state index contributed by atoms with van der Waals surface area (Å²) in [7, 11) is 0. The van der Waals surface area contributed by atoms with Crippen LogP contribution in [0.15, 0.2) is 0 Å². The number of carboxylic acid groups (broad SMARTS) is 2. The number of carboxylic acids is 2. The summed E-state index contributed by atoms with van der Waals surface area (Å²) in [5.41, 5.74) is 5.55. The first-order chi connectivity index (χ1) is 13.1. The zero-order valence-corrected chi connectivity index (χ0v) is 16.4. The third-order valence-electron chi connectivity index (χ3n) is 4.36. The van der Waals surface area contributed by atoms with Crippen molar-refractivity contribution >= 4 is 42.3 Å². The average molecular weight is 418 g/mol. The lowest BCUT2D eigenvalue weighted by Gasteiger charge is -2.28. The second-order valence-electron chi connectivity index (χ2n) is 6.54.